The summed E-state index contributed by atoms with van der Waals surface area (Å²) in [5, 5.41) is 3.65. The van der Waals surface area contributed by atoms with Crippen LogP contribution in [-0.2, 0) is 4.74 Å². The second-order valence-electron chi connectivity index (χ2n) is 4.89. The Hall–Kier alpha value is -0.340. The van der Waals surface area contributed by atoms with Gasteiger partial charge in [-0.1, -0.05) is 32.8 Å². The van der Waals surface area contributed by atoms with E-state index in [0.29, 0.717) is 12.1 Å². The highest BCUT2D eigenvalue weighted by Gasteiger charge is 2.18. The lowest BCUT2D eigenvalue weighted by atomic mass is 10.0. The predicted molar refractivity (Wildman–Crippen MR) is 81.1 cm³/mol. The Morgan fingerprint density at radius 1 is 1.17 bits per heavy atom. The molecule has 18 heavy (non-hydrogen) atoms. The Balaban J connectivity index is 3.98. The standard InChI is InChI=1S/C16H33NO/c1-5-9-10-11-12-13-15(17-14-6-2)16(7-3)18-8-4/h5,15-17H,1,6-14H2,2-4H3. The van der Waals surface area contributed by atoms with Gasteiger partial charge in [0.1, 0.15) is 0 Å². The number of nitrogens with one attached hydrogen (secondary N) is 1. The molecule has 0 bridgehead atoms. The number of hydrogen-bond donors (Lipinski definition) is 1. The quantitative estimate of drug-likeness (QED) is 0.391. The molecule has 108 valence electrons. The molecule has 0 aliphatic carbocycles. The molecule has 0 aromatic carbocycles. The molecule has 0 aromatic heterocycles. The Morgan fingerprint density at radius 2 is 1.94 bits per heavy atom. The summed E-state index contributed by atoms with van der Waals surface area (Å²) in [5.74, 6) is 0. The molecule has 2 nitrogen and oxygen atoms in total. The van der Waals surface area contributed by atoms with E-state index in [1.54, 1.807) is 0 Å². The van der Waals surface area contributed by atoms with Crippen molar-refractivity contribution in [3.05, 3.63) is 12.7 Å². The molecule has 2 unspecified atom stereocenters. The number of ether oxygens (including phenoxy) is 1. The summed E-state index contributed by atoms with van der Waals surface area (Å²) in [6.45, 7) is 12.2. The fraction of sp³-hybridized carbons (Fsp3) is 0.875. The van der Waals surface area contributed by atoms with E-state index in [1.807, 2.05) is 6.08 Å². The molecule has 0 fully saturated rings. The van der Waals surface area contributed by atoms with Gasteiger partial charge in [-0.25, -0.2) is 0 Å². The number of hydrogen-bond acceptors (Lipinski definition) is 2. The average molecular weight is 255 g/mol. The van der Waals surface area contributed by atoms with Gasteiger partial charge in [0.2, 0.25) is 0 Å². The second-order valence-corrected chi connectivity index (χ2v) is 4.89. The molecule has 0 spiro atoms. The smallest absolute Gasteiger partial charge is 0.0725 e. The van der Waals surface area contributed by atoms with Crippen LogP contribution >= 0.6 is 0 Å². The summed E-state index contributed by atoms with van der Waals surface area (Å²) in [4.78, 5) is 0. The second kappa shape index (κ2) is 13.1. The normalized spacial score (nSPS) is 14.4. The highest BCUT2D eigenvalue weighted by atomic mass is 16.5. The monoisotopic (exact) mass is 255 g/mol. The summed E-state index contributed by atoms with van der Waals surface area (Å²) >= 11 is 0. The van der Waals surface area contributed by atoms with Crippen LogP contribution in [0.25, 0.3) is 0 Å². The van der Waals surface area contributed by atoms with Crippen molar-refractivity contribution < 1.29 is 4.74 Å². The van der Waals surface area contributed by atoms with E-state index in [4.69, 9.17) is 4.74 Å². The van der Waals surface area contributed by atoms with Gasteiger partial charge in [-0.15, -0.1) is 6.58 Å². The van der Waals surface area contributed by atoms with Crippen LogP contribution in [0.4, 0.5) is 0 Å². The molecule has 1 N–H and O–H groups in total. The van der Waals surface area contributed by atoms with Gasteiger partial charge >= 0.3 is 0 Å². The van der Waals surface area contributed by atoms with Crippen LogP contribution in [0, 0.1) is 0 Å². The van der Waals surface area contributed by atoms with E-state index in [-0.39, 0.29) is 0 Å². The molecule has 0 amide bonds. The van der Waals surface area contributed by atoms with Gasteiger partial charge in [0.05, 0.1) is 6.10 Å². The molecule has 0 saturated carbocycles. The molecule has 0 heterocycles. The molecule has 0 aliphatic rings. The summed E-state index contributed by atoms with van der Waals surface area (Å²) < 4.78 is 5.85. The topological polar surface area (TPSA) is 21.3 Å². The van der Waals surface area contributed by atoms with Crippen molar-refractivity contribution in [1.29, 1.82) is 0 Å². The van der Waals surface area contributed by atoms with E-state index < -0.39 is 0 Å². The van der Waals surface area contributed by atoms with Gasteiger partial charge in [-0.3, -0.25) is 0 Å². The zero-order valence-electron chi connectivity index (χ0n) is 12.7. The van der Waals surface area contributed by atoms with E-state index in [0.717, 1.165) is 26.0 Å². The van der Waals surface area contributed by atoms with Crippen LogP contribution in [-0.4, -0.2) is 25.3 Å². The molecular weight excluding hydrogens is 222 g/mol. The van der Waals surface area contributed by atoms with Crippen LogP contribution in [0.1, 0.15) is 65.7 Å². The Bertz CT molecular complexity index is 182. The summed E-state index contributed by atoms with van der Waals surface area (Å²) in [5.41, 5.74) is 0. The van der Waals surface area contributed by atoms with Crippen molar-refractivity contribution in [1.82, 2.24) is 5.32 Å². The van der Waals surface area contributed by atoms with E-state index in [2.05, 4.69) is 32.7 Å². The van der Waals surface area contributed by atoms with Gasteiger partial charge in [0, 0.05) is 12.6 Å². The lowest BCUT2D eigenvalue weighted by Gasteiger charge is -2.27. The van der Waals surface area contributed by atoms with Crippen LogP contribution in [0.3, 0.4) is 0 Å². The zero-order valence-corrected chi connectivity index (χ0v) is 12.7. The summed E-state index contributed by atoms with van der Waals surface area (Å²) in [6, 6.07) is 0.527. The lowest BCUT2D eigenvalue weighted by molar-refractivity contribution is 0.0290. The van der Waals surface area contributed by atoms with Crippen molar-refractivity contribution >= 4 is 0 Å². The first-order valence-corrected chi connectivity index (χ1v) is 7.75. The van der Waals surface area contributed by atoms with E-state index >= 15 is 0 Å². The minimum absolute atomic E-state index is 0.376. The summed E-state index contributed by atoms with van der Waals surface area (Å²) in [6.07, 6.45) is 10.9. The largest absolute Gasteiger partial charge is 0.377 e. The minimum atomic E-state index is 0.376. The average Bonchev–Trinajstić information content (AvgIpc) is 2.39. The van der Waals surface area contributed by atoms with Gasteiger partial charge in [0.25, 0.3) is 0 Å². The molecular formula is C16H33NO. The van der Waals surface area contributed by atoms with Crippen LogP contribution in [0.15, 0.2) is 12.7 Å². The minimum Gasteiger partial charge on any atom is -0.377 e. The molecule has 2 atom stereocenters. The molecule has 0 rings (SSSR count). The van der Waals surface area contributed by atoms with Crippen molar-refractivity contribution in [3.63, 3.8) is 0 Å². The van der Waals surface area contributed by atoms with Gasteiger partial charge in [0.15, 0.2) is 0 Å². The van der Waals surface area contributed by atoms with Crippen molar-refractivity contribution in [3.8, 4) is 0 Å². The summed E-state index contributed by atoms with van der Waals surface area (Å²) in [7, 11) is 0. The highest BCUT2D eigenvalue weighted by Crippen LogP contribution is 2.13. The first-order valence-electron chi connectivity index (χ1n) is 7.75. The third-order valence-corrected chi connectivity index (χ3v) is 3.31. The van der Waals surface area contributed by atoms with Crippen molar-refractivity contribution in [2.75, 3.05) is 13.2 Å². The van der Waals surface area contributed by atoms with Crippen molar-refractivity contribution in [2.24, 2.45) is 0 Å². The molecule has 0 aromatic rings. The Kier molecular flexibility index (Phi) is 12.9. The lowest BCUT2D eigenvalue weighted by Crippen LogP contribution is -2.41. The first-order chi connectivity index (χ1) is 8.79. The first kappa shape index (κ1) is 17.7. The van der Waals surface area contributed by atoms with Gasteiger partial charge < -0.3 is 10.1 Å². The maximum Gasteiger partial charge on any atom is 0.0725 e. The Morgan fingerprint density at radius 3 is 2.50 bits per heavy atom. The zero-order chi connectivity index (χ0) is 13.6. The van der Waals surface area contributed by atoms with Gasteiger partial charge in [-0.2, -0.15) is 0 Å². The number of unbranched alkanes of at least 4 members (excludes halogenated alkanes) is 3. The molecule has 0 saturated heterocycles. The van der Waals surface area contributed by atoms with Crippen LogP contribution < -0.4 is 5.32 Å². The fourth-order valence-corrected chi connectivity index (χ4v) is 2.31. The highest BCUT2D eigenvalue weighted by molar-refractivity contribution is 4.76. The maximum absolute atomic E-state index is 5.85. The van der Waals surface area contributed by atoms with Crippen molar-refractivity contribution in [2.45, 2.75) is 77.9 Å². The van der Waals surface area contributed by atoms with E-state index in [1.165, 1.54) is 32.1 Å². The maximum atomic E-state index is 5.85. The third kappa shape index (κ3) is 8.71. The number of rotatable bonds is 13. The predicted octanol–water partition coefficient (Wildman–Crippen LogP) is 4.31. The molecule has 0 aliphatic heterocycles. The third-order valence-electron chi connectivity index (χ3n) is 3.31. The molecule has 0 radical (unpaired) electrons. The van der Waals surface area contributed by atoms with Crippen LogP contribution in [0.2, 0.25) is 0 Å². The Labute approximate surface area is 114 Å². The molecule has 2 heteroatoms. The SMILES string of the molecule is C=CCCCCCC(NCCC)C(CC)OCC. The fourth-order valence-electron chi connectivity index (χ4n) is 2.31. The number of allylic oxidation sites excluding steroid dienone is 1. The van der Waals surface area contributed by atoms with E-state index in [9.17, 15) is 0 Å². The van der Waals surface area contributed by atoms with Crippen LogP contribution in [0.5, 0.6) is 0 Å². The van der Waals surface area contributed by atoms with Gasteiger partial charge in [-0.05, 0) is 45.6 Å².